The van der Waals surface area contributed by atoms with Crippen LogP contribution in [0.3, 0.4) is 0 Å². The number of amides is 1. The number of esters is 1. The number of rotatable bonds is 4. The van der Waals surface area contributed by atoms with Crippen LogP contribution in [0, 0.1) is 0 Å². The summed E-state index contributed by atoms with van der Waals surface area (Å²) in [6.07, 6.45) is -0.956. The highest BCUT2D eigenvalue weighted by Crippen LogP contribution is 2.19. The van der Waals surface area contributed by atoms with Crippen LogP contribution in [-0.4, -0.2) is 18.0 Å². The highest BCUT2D eigenvalue weighted by molar-refractivity contribution is 6.31. The van der Waals surface area contributed by atoms with Crippen molar-refractivity contribution in [2.75, 3.05) is 11.1 Å². The van der Waals surface area contributed by atoms with Crippen molar-refractivity contribution in [3.8, 4) is 0 Å². The second-order valence-electron chi connectivity index (χ2n) is 4.63. The van der Waals surface area contributed by atoms with Gasteiger partial charge in [-0.1, -0.05) is 29.8 Å². The number of ether oxygens (including phenoxy) is 1. The molecule has 0 heterocycles. The van der Waals surface area contributed by atoms with Crippen LogP contribution in [0.15, 0.2) is 48.5 Å². The van der Waals surface area contributed by atoms with E-state index in [0.717, 1.165) is 0 Å². The summed E-state index contributed by atoms with van der Waals surface area (Å²) in [5, 5.41) is 3.07. The monoisotopic (exact) mass is 318 g/mol. The first-order valence-electron chi connectivity index (χ1n) is 6.59. The molecule has 0 aliphatic rings. The average molecular weight is 319 g/mol. The van der Waals surface area contributed by atoms with Gasteiger partial charge in [-0.2, -0.15) is 0 Å². The molecule has 0 saturated heterocycles. The molecule has 0 radical (unpaired) electrons. The highest BCUT2D eigenvalue weighted by atomic mass is 35.5. The molecule has 0 aromatic heterocycles. The number of nitrogens with two attached hydrogens (primary N) is 1. The van der Waals surface area contributed by atoms with Gasteiger partial charge in [-0.05, 0) is 37.3 Å². The summed E-state index contributed by atoms with van der Waals surface area (Å²) in [6.45, 7) is 1.49. The van der Waals surface area contributed by atoms with Gasteiger partial charge in [0.2, 0.25) is 0 Å². The highest BCUT2D eigenvalue weighted by Gasteiger charge is 2.20. The lowest BCUT2D eigenvalue weighted by Gasteiger charge is -2.14. The zero-order valence-electron chi connectivity index (χ0n) is 11.9. The number of carbonyl (C=O) groups is 2. The van der Waals surface area contributed by atoms with Crippen molar-refractivity contribution >= 4 is 34.9 Å². The first-order valence-corrected chi connectivity index (χ1v) is 6.97. The van der Waals surface area contributed by atoms with Gasteiger partial charge in [0.25, 0.3) is 5.91 Å². The second kappa shape index (κ2) is 6.95. The molecule has 0 aliphatic heterocycles. The van der Waals surface area contributed by atoms with Crippen molar-refractivity contribution in [3.05, 3.63) is 59.1 Å². The number of nitrogens with one attached hydrogen (secondary N) is 1. The Kier molecular flexibility index (Phi) is 5.01. The van der Waals surface area contributed by atoms with Crippen LogP contribution in [0.1, 0.15) is 17.3 Å². The van der Waals surface area contributed by atoms with Crippen LogP contribution in [0.2, 0.25) is 5.02 Å². The zero-order chi connectivity index (χ0) is 16.1. The molecule has 0 fully saturated rings. The number of hydrogen-bond acceptors (Lipinski definition) is 4. The van der Waals surface area contributed by atoms with E-state index in [1.54, 1.807) is 24.3 Å². The minimum absolute atomic E-state index is 0.170. The molecule has 0 unspecified atom stereocenters. The molecule has 114 valence electrons. The van der Waals surface area contributed by atoms with Crippen LogP contribution in [0.4, 0.5) is 11.4 Å². The SMILES string of the molecule is C[C@@H](OC(=O)c1ccc(Cl)cc1N)C(=O)Nc1ccccc1. The van der Waals surface area contributed by atoms with Gasteiger partial charge < -0.3 is 15.8 Å². The summed E-state index contributed by atoms with van der Waals surface area (Å²) >= 11 is 5.77. The predicted molar refractivity (Wildman–Crippen MR) is 85.8 cm³/mol. The molecule has 6 heteroatoms. The summed E-state index contributed by atoms with van der Waals surface area (Å²) in [7, 11) is 0. The Bertz CT molecular complexity index is 689. The molecule has 3 N–H and O–H groups in total. The second-order valence-corrected chi connectivity index (χ2v) is 5.07. The summed E-state index contributed by atoms with van der Waals surface area (Å²) in [5.41, 5.74) is 6.71. The van der Waals surface area contributed by atoms with Gasteiger partial charge in [0.15, 0.2) is 6.10 Å². The number of halogens is 1. The number of nitrogen functional groups attached to an aromatic ring is 1. The first-order chi connectivity index (χ1) is 10.5. The van der Waals surface area contributed by atoms with E-state index in [2.05, 4.69) is 5.32 Å². The van der Waals surface area contributed by atoms with E-state index in [1.165, 1.54) is 25.1 Å². The van der Waals surface area contributed by atoms with E-state index in [9.17, 15) is 9.59 Å². The van der Waals surface area contributed by atoms with E-state index < -0.39 is 18.0 Å². The number of carbonyl (C=O) groups excluding carboxylic acids is 2. The predicted octanol–water partition coefficient (Wildman–Crippen LogP) is 3.11. The van der Waals surface area contributed by atoms with E-state index >= 15 is 0 Å². The van der Waals surface area contributed by atoms with Crippen LogP contribution < -0.4 is 11.1 Å². The van der Waals surface area contributed by atoms with E-state index in [4.69, 9.17) is 22.1 Å². The summed E-state index contributed by atoms with van der Waals surface area (Å²) in [4.78, 5) is 24.0. The molecular weight excluding hydrogens is 304 g/mol. The van der Waals surface area contributed by atoms with Gasteiger partial charge in [0.1, 0.15) is 0 Å². The van der Waals surface area contributed by atoms with Gasteiger partial charge in [0, 0.05) is 16.4 Å². The van der Waals surface area contributed by atoms with Crippen LogP contribution in [0.25, 0.3) is 0 Å². The molecule has 2 aromatic carbocycles. The Morgan fingerprint density at radius 2 is 1.86 bits per heavy atom. The molecule has 1 atom stereocenters. The fraction of sp³-hybridized carbons (Fsp3) is 0.125. The molecule has 5 nitrogen and oxygen atoms in total. The maximum absolute atomic E-state index is 12.0. The molecule has 0 spiro atoms. The Hall–Kier alpha value is -2.53. The Morgan fingerprint density at radius 1 is 1.18 bits per heavy atom. The van der Waals surface area contributed by atoms with E-state index in [0.29, 0.717) is 10.7 Å². The number of hydrogen-bond donors (Lipinski definition) is 2. The van der Waals surface area contributed by atoms with E-state index in [-0.39, 0.29) is 11.3 Å². The lowest BCUT2D eigenvalue weighted by Crippen LogP contribution is -2.30. The summed E-state index contributed by atoms with van der Waals surface area (Å²) < 4.78 is 5.12. The minimum Gasteiger partial charge on any atom is -0.449 e. The molecule has 0 bridgehead atoms. The first kappa shape index (κ1) is 15.9. The normalized spacial score (nSPS) is 11.5. The maximum atomic E-state index is 12.0. The fourth-order valence-electron chi connectivity index (χ4n) is 1.76. The van der Waals surface area contributed by atoms with Gasteiger partial charge in [-0.15, -0.1) is 0 Å². The molecule has 1 amide bonds. The minimum atomic E-state index is -0.956. The topological polar surface area (TPSA) is 81.4 Å². The third-order valence-electron chi connectivity index (χ3n) is 2.93. The molecule has 2 aromatic rings. The number of para-hydroxylation sites is 1. The molecular formula is C16H15ClN2O3. The zero-order valence-corrected chi connectivity index (χ0v) is 12.6. The van der Waals surface area contributed by atoms with Crippen LogP contribution in [0.5, 0.6) is 0 Å². The van der Waals surface area contributed by atoms with Crippen LogP contribution >= 0.6 is 11.6 Å². The number of benzene rings is 2. The van der Waals surface area contributed by atoms with Gasteiger partial charge in [-0.25, -0.2) is 4.79 Å². The standard InChI is InChI=1S/C16H15ClN2O3/c1-10(15(20)19-12-5-3-2-4-6-12)22-16(21)13-8-7-11(17)9-14(13)18/h2-10H,18H2,1H3,(H,19,20)/t10-/m1/s1. The smallest absolute Gasteiger partial charge is 0.341 e. The lowest BCUT2D eigenvalue weighted by atomic mass is 10.2. The van der Waals surface area contributed by atoms with Gasteiger partial charge in [0.05, 0.1) is 5.56 Å². The average Bonchev–Trinajstić information content (AvgIpc) is 2.47. The van der Waals surface area contributed by atoms with Gasteiger partial charge >= 0.3 is 5.97 Å². The Morgan fingerprint density at radius 3 is 2.50 bits per heavy atom. The largest absolute Gasteiger partial charge is 0.449 e. The maximum Gasteiger partial charge on any atom is 0.341 e. The lowest BCUT2D eigenvalue weighted by molar-refractivity contribution is -0.123. The molecule has 0 saturated carbocycles. The van der Waals surface area contributed by atoms with Crippen molar-refractivity contribution in [2.45, 2.75) is 13.0 Å². The van der Waals surface area contributed by atoms with Crippen molar-refractivity contribution in [1.29, 1.82) is 0 Å². The number of anilines is 2. The third-order valence-corrected chi connectivity index (χ3v) is 3.16. The van der Waals surface area contributed by atoms with Gasteiger partial charge in [-0.3, -0.25) is 4.79 Å². The summed E-state index contributed by atoms with van der Waals surface area (Å²) in [5.74, 6) is -1.10. The Balaban J connectivity index is 2.00. The van der Waals surface area contributed by atoms with Crippen LogP contribution in [-0.2, 0) is 9.53 Å². The third kappa shape index (κ3) is 3.99. The van der Waals surface area contributed by atoms with Crippen molar-refractivity contribution in [3.63, 3.8) is 0 Å². The molecule has 22 heavy (non-hydrogen) atoms. The fourth-order valence-corrected chi connectivity index (χ4v) is 1.94. The summed E-state index contributed by atoms with van der Waals surface area (Å²) in [6, 6.07) is 13.3. The Labute approximate surface area is 133 Å². The molecule has 2 rings (SSSR count). The molecule has 0 aliphatic carbocycles. The van der Waals surface area contributed by atoms with Crippen molar-refractivity contribution in [2.24, 2.45) is 0 Å². The van der Waals surface area contributed by atoms with Crippen molar-refractivity contribution in [1.82, 2.24) is 0 Å². The quantitative estimate of drug-likeness (QED) is 0.670. The van der Waals surface area contributed by atoms with Crippen molar-refractivity contribution < 1.29 is 14.3 Å². The van der Waals surface area contributed by atoms with E-state index in [1.807, 2.05) is 6.07 Å².